The number of carboxylic acids is 1. The summed E-state index contributed by atoms with van der Waals surface area (Å²) in [5.74, 6) is -0.829. The smallest absolute Gasteiger partial charge is 0.339 e. The second-order valence-electron chi connectivity index (χ2n) is 3.60. The maximum Gasteiger partial charge on any atom is 0.339 e. The number of aromatic nitrogens is 1. The summed E-state index contributed by atoms with van der Waals surface area (Å²) in [6.45, 7) is 0. The van der Waals surface area contributed by atoms with E-state index in [9.17, 15) is 4.79 Å². The first-order chi connectivity index (χ1) is 8.97. The molecule has 0 atom stereocenters. The molecule has 98 valence electrons. The molecule has 0 spiro atoms. The van der Waals surface area contributed by atoms with Gasteiger partial charge in [0.05, 0.1) is 10.7 Å². The fraction of sp³-hybridized carbons (Fsp3) is 0. The van der Waals surface area contributed by atoms with Crippen LogP contribution in [0.25, 0.3) is 0 Å². The van der Waals surface area contributed by atoms with Crippen LogP contribution in [0.3, 0.4) is 0 Å². The number of benzene rings is 1. The fourth-order valence-electron chi connectivity index (χ4n) is 1.42. The fourth-order valence-corrected chi connectivity index (χ4v) is 2.47. The minimum absolute atomic E-state index is 0.0633. The summed E-state index contributed by atoms with van der Waals surface area (Å²) >= 11 is 12.6. The third kappa shape index (κ3) is 3.46. The lowest BCUT2D eigenvalue weighted by atomic mass is 10.2. The molecule has 0 amide bonds. The maximum atomic E-state index is 11.2. The minimum Gasteiger partial charge on any atom is -0.478 e. The summed E-state index contributed by atoms with van der Waals surface area (Å²) in [5, 5.41) is 12.5. The van der Waals surface area contributed by atoms with Crippen molar-refractivity contribution in [2.45, 2.75) is 0 Å². The third-order valence-corrected chi connectivity index (χ3v) is 3.51. The van der Waals surface area contributed by atoms with Gasteiger partial charge in [-0.05, 0) is 40.2 Å². The molecule has 0 aliphatic carbocycles. The van der Waals surface area contributed by atoms with E-state index in [-0.39, 0.29) is 11.4 Å². The number of hydrogen-bond acceptors (Lipinski definition) is 3. The van der Waals surface area contributed by atoms with Gasteiger partial charge in [-0.25, -0.2) is 9.78 Å². The van der Waals surface area contributed by atoms with Gasteiger partial charge in [0.2, 0.25) is 0 Å². The number of nitrogens with one attached hydrogen (secondary N) is 1. The molecule has 4 nitrogen and oxygen atoms in total. The van der Waals surface area contributed by atoms with Gasteiger partial charge in [0.1, 0.15) is 11.4 Å². The predicted molar refractivity (Wildman–Crippen MR) is 81.3 cm³/mol. The molecule has 0 aliphatic rings. The zero-order valence-corrected chi connectivity index (χ0v) is 13.3. The number of pyridine rings is 1. The van der Waals surface area contributed by atoms with E-state index in [1.165, 1.54) is 12.3 Å². The molecule has 0 saturated heterocycles. The summed E-state index contributed by atoms with van der Waals surface area (Å²) in [6, 6.07) is 6.73. The molecule has 2 N–H and O–H groups in total. The summed E-state index contributed by atoms with van der Waals surface area (Å²) < 4.78 is 1.43. The van der Waals surface area contributed by atoms with Crippen molar-refractivity contribution in [1.82, 2.24) is 4.98 Å². The standard InChI is InChI=1S/C12H7Br2ClN2O2/c13-6-1-2-10(9(15)4-6)17-11-8(12(18)19)3-7(14)5-16-11/h1-5H,(H,16,17)(H,18,19). The van der Waals surface area contributed by atoms with Crippen LogP contribution in [-0.2, 0) is 0 Å². The minimum atomic E-state index is -1.07. The highest BCUT2D eigenvalue weighted by molar-refractivity contribution is 9.10. The molecule has 1 heterocycles. The van der Waals surface area contributed by atoms with Crippen LogP contribution in [0.2, 0.25) is 5.02 Å². The largest absolute Gasteiger partial charge is 0.478 e. The average molecular weight is 406 g/mol. The Kier molecular flexibility index (Phi) is 4.44. The first kappa shape index (κ1) is 14.3. The Bertz CT molecular complexity index is 650. The van der Waals surface area contributed by atoms with Crippen molar-refractivity contribution in [3.63, 3.8) is 0 Å². The van der Waals surface area contributed by atoms with E-state index < -0.39 is 5.97 Å². The van der Waals surface area contributed by atoms with Crippen LogP contribution in [0.15, 0.2) is 39.4 Å². The Balaban J connectivity index is 2.40. The molecule has 0 fully saturated rings. The third-order valence-electron chi connectivity index (χ3n) is 2.27. The van der Waals surface area contributed by atoms with Crippen molar-refractivity contribution < 1.29 is 9.90 Å². The zero-order valence-electron chi connectivity index (χ0n) is 9.32. The van der Waals surface area contributed by atoms with Crippen LogP contribution in [0, 0.1) is 0 Å². The highest BCUT2D eigenvalue weighted by Gasteiger charge is 2.13. The lowest BCUT2D eigenvalue weighted by Crippen LogP contribution is -2.05. The lowest BCUT2D eigenvalue weighted by molar-refractivity contribution is 0.0697. The molecule has 2 aromatic rings. The number of halogens is 3. The van der Waals surface area contributed by atoms with Gasteiger partial charge in [-0.3, -0.25) is 0 Å². The highest BCUT2D eigenvalue weighted by atomic mass is 79.9. The van der Waals surface area contributed by atoms with Crippen molar-refractivity contribution in [2.24, 2.45) is 0 Å². The molecule has 0 bridgehead atoms. The Morgan fingerprint density at radius 2 is 2.00 bits per heavy atom. The molecule has 7 heteroatoms. The Morgan fingerprint density at radius 3 is 2.63 bits per heavy atom. The van der Waals surface area contributed by atoms with Gasteiger partial charge in [0, 0.05) is 15.1 Å². The molecular weight excluding hydrogens is 399 g/mol. The van der Waals surface area contributed by atoms with Crippen molar-refractivity contribution in [1.29, 1.82) is 0 Å². The lowest BCUT2D eigenvalue weighted by Gasteiger charge is -2.10. The van der Waals surface area contributed by atoms with Crippen LogP contribution in [0.1, 0.15) is 10.4 Å². The van der Waals surface area contributed by atoms with Crippen LogP contribution in [-0.4, -0.2) is 16.1 Å². The van der Waals surface area contributed by atoms with Gasteiger partial charge in [-0.15, -0.1) is 0 Å². The molecular formula is C12H7Br2ClN2O2. The Morgan fingerprint density at radius 1 is 1.26 bits per heavy atom. The van der Waals surface area contributed by atoms with Gasteiger partial charge in [0.15, 0.2) is 0 Å². The van der Waals surface area contributed by atoms with Crippen LogP contribution >= 0.6 is 43.5 Å². The Hall–Kier alpha value is -1.11. The predicted octanol–water partition coefficient (Wildman–Crippen LogP) is 4.70. The van der Waals surface area contributed by atoms with Crippen molar-refractivity contribution in [3.05, 3.63) is 50.0 Å². The van der Waals surface area contributed by atoms with Crippen molar-refractivity contribution in [2.75, 3.05) is 5.32 Å². The van der Waals surface area contributed by atoms with Crippen LogP contribution in [0.5, 0.6) is 0 Å². The normalized spacial score (nSPS) is 10.3. The highest BCUT2D eigenvalue weighted by Crippen LogP contribution is 2.29. The first-order valence-corrected chi connectivity index (χ1v) is 7.04. The number of hydrogen-bond donors (Lipinski definition) is 2. The SMILES string of the molecule is O=C(O)c1cc(Br)cnc1Nc1ccc(Br)cc1Cl. The molecule has 19 heavy (non-hydrogen) atoms. The van der Waals surface area contributed by atoms with E-state index in [1.807, 2.05) is 0 Å². The molecule has 0 radical (unpaired) electrons. The average Bonchev–Trinajstić information content (AvgIpc) is 2.34. The molecule has 0 aliphatic heterocycles. The second kappa shape index (κ2) is 5.90. The molecule has 1 aromatic carbocycles. The van der Waals surface area contributed by atoms with Gasteiger partial charge in [-0.2, -0.15) is 0 Å². The van der Waals surface area contributed by atoms with E-state index in [2.05, 4.69) is 42.2 Å². The van der Waals surface area contributed by atoms with Crippen molar-refractivity contribution in [3.8, 4) is 0 Å². The molecule has 0 unspecified atom stereocenters. The summed E-state index contributed by atoms with van der Waals surface area (Å²) in [4.78, 5) is 15.2. The van der Waals surface area contributed by atoms with E-state index >= 15 is 0 Å². The Labute approximate surface area is 131 Å². The van der Waals surface area contributed by atoms with E-state index in [0.29, 0.717) is 15.2 Å². The molecule has 0 saturated carbocycles. The topological polar surface area (TPSA) is 62.2 Å². The van der Waals surface area contributed by atoms with Crippen molar-refractivity contribution >= 4 is 60.9 Å². The monoisotopic (exact) mass is 404 g/mol. The van der Waals surface area contributed by atoms with E-state index in [1.54, 1.807) is 18.2 Å². The van der Waals surface area contributed by atoms with Gasteiger partial charge in [0.25, 0.3) is 0 Å². The number of carbonyl (C=O) groups is 1. The summed E-state index contributed by atoms with van der Waals surface area (Å²) in [6.07, 6.45) is 1.52. The summed E-state index contributed by atoms with van der Waals surface area (Å²) in [5.41, 5.74) is 0.649. The van der Waals surface area contributed by atoms with Crippen LogP contribution in [0.4, 0.5) is 11.5 Å². The quantitative estimate of drug-likeness (QED) is 0.776. The second-order valence-corrected chi connectivity index (χ2v) is 5.84. The number of anilines is 2. The zero-order chi connectivity index (χ0) is 14.0. The van der Waals surface area contributed by atoms with Gasteiger partial charge < -0.3 is 10.4 Å². The number of rotatable bonds is 3. The van der Waals surface area contributed by atoms with E-state index in [4.69, 9.17) is 16.7 Å². The first-order valence-electron chi connectivity index (χ1n) is 5.08. The molecule has 2 rings (SSSR count). The number of carboxylic acid groups (broad SMARTS) is 1. The number of nitrogens with zero attached hydrogens (tertiary/aromatic N) is 1. The summed E-state index contributed by atoms with van der Waals surface area (Å²) in [7, 11) is 0. The van der Waals surface area contributed by atoms with Gasteiger partial charge >= 0.3 is 5.97 Å². The van der Waals surface area contributed by atoms with Gasteiger partial charge in [-0.1, -0.05) is 27.5 Å². The maximum absolute atomic E-state index is 11.2. The molecule has 1 aromatic heterocycles. The number of aromatic carboxylic acids is 1. The van der Waals surface area contributed by atoms with Crippen LogP contribution < -0.4 is 5.32 Å². The van der Waals surface area contributed by atoms with E-state index in [0.717, 1.165) is 4.47 Å².